The third-order valence-corrected chi connectivity index (χ3v) is 12.1. The van der Waals surface area contributed by atoms with Crippen LogP contribution in [0, 0.1) is 0 Å². The number of hydrogen-bond donors (Lipinski definition) is 3. The van der Waals surface area contributed by atoms with Gasteiger partial charge in [0.05, 0.1) is 25.2 Å². The van der Waals surface area contributed by atoms with Gasteiger partial charge in [-0.25, -0.2) is 0 Å². The molecule has 0 aromatic carbocycles. The zero-order valence-corrected chi connectivity index (χ0v) is 44.2. The predicted octanol–water partition coefficient (Wildman–Crippen LogP) is 17.5. The number of aliphatic hydroxyl groups excluding tert-OH is 2. The first-order valence-electron chi connectivity index (χ1n) is 28.1. The average molecular weight is 945 g/mol. The van der Waals surface area contributed by atoms with Crippen LogP contribution in [0.2, 0.25) is 0 Å². The van der Waals surface area contributed by atoms with Crippen LogP contribution in [-0.2, 0) is 14.3 Å². The van der Waals surface area contributed by atoms with Crippen LogP contribution in [-0.4, -0.2) is 46.9 Å². The zero-order valence-electron chi connectivity index (χ0n) is 44.2. The first-order valence-corrected chi connectivity index (χ1v) is 28.1. The van der Waals surface area contributed by atoms with Crippen LogP contribution in [0.3, 0.4) is 0 Å². The van der Waals surface area contributed by atoms with Crippen LogP contribution < -0.4 is 5.32 Å². The lowest BCUT2D eigenvalue weighted by molar-refractivity contribution is -0.150. The summed E-state index contributed by atoms with van der Waals surface area (Å²) in [5.41, 5.74) is 0. The highest BCUT2D eigenvalue weighted by Gasteiger charge is 2.23. The summed E-state index contributed by atoms with van der Waals surface area (Å²) in [6.07, 6.45) is 74.6. The van der Waals surface area contributed by atoms with Crippen molar-refractivity contribution in [3.8, 4) is 0 Å². The molecule has 3 N–H and O–H groups in total. The largest absolute Gasteiger partial charge is 0.461 e. The first kappa shape index (κ1) is 64.5. The number of nitrogens with one attached hydrogen (secondary N) is 1. The first-order chi connectivity index (χ1) is 33.5. The van der Waals surface area contributed by atoms with E-state index in [9.17, 15) is 19.8 Å². The molecule has 3 unspecified atom stereocenters. The zero-order chi connectivity index (χ0) is 49.5. The van der Waals surface area contributed by atoms with Crippen molar-refractivity contribution in [2.75, 3.05) is 6.61 Å². The Balaban J connectivity index is 4.75. The number of esters is 1. The van der Waals surface area contributed by atoms with Gasteiger partial charge in [0.25, 0.3) is 0 Å². The van der Waals surface area contributed by atoms with Crippen molar-refractivity contribution < 1.29 is 24.5 Å². The Kier molecular flexibility index (Phi) is 51.7. The van der Waals surface area contributed by atoms with E-state index in [1.54, 1.807) is 0 Å². The number of ether oxygens (including phenoxy) is 1. The maximum atomic E-state index is 13.2. The maximum absolute atomic E-state index is 13.2. The number of amides is 1. The molecule has 0 bridgehead atoms. The molecule has 68 heavy (non-hydrogen) atoms. The lowest BCUT2D eigenvalue weighted by Crippen LogP contribution is -2.46. The molecule has 0 fully saturated rings. The average Bonchev–Trinajstić information content (AvgIpc) is 3.33. The summed E-state index contributed by atoms with van der Waals surface area (Å²) in [6.45, 7) is 6.31. The van der Waals surface area contributed by atoms with Gasteiger partial charge in [-0.05, 0) is 83.5 Å². The third-order valence-electron chi connectivity index (χ3n) is 12.1. The Morgan fingerprint density at radius 3 is 1.25 bits per heavy atom. The highest BCUT2D eigenvalue weighted by atomic mass is 16.5. The van der Waals surface area contributed by atoms with Gasteiger partial charge < -0.3 is 20.3 Å². The van der Waals surface area contributed by atoms with E-state index in [-0.39, 0.29) is 31.3 Å². The van der Waals surface area contributed by atoms with Crippen LogP contribution in [0.5, 0.6) is 0 Å². The van der Waals surface area contributed by atoms with Gasteiger partial charge in [-0.2, -0.15) is 0 Å². The molecule has 388 valence electrons. The minimum absolute atomic E-state index is 0.0269. The monoisotopic (exact) mass is 944 g/mol. The fourth-order valence-corrected chi connectivity index (χ4v) is 7.86. The molecule has 0 rings (SSSR count). The Morgan fingerprint density at radius 1 is 0.456 bits per heavy atom. The molecular formula is C62H105NO5. The molecule has 1 amide bonds. The summed E-state index contributed by atoms with van der Waals surface area (Å²) in [6, 6.07) is -0.750. The van der Waals surface area contributed by atoms with Crippen LogP contribution in [0.1, 0.15) is 245 Å². The van der Waals surface area contributed by atoms with E-state index in [1.807, 2.05) is 12.2 Å². The topological polar surface area (TPSA) is 95.9 Å². The fraction of sp³-hybridized carbons (Fsp3) is 0.677. The van der Waals surface area contributed by atoms with E-state index in [1.165, 1.54) is 109 Å². The molecular weight excluding hydrogens is 839 g/mol. The van der Waals surface area contributed by atoms with Crippen LogP contribution >= 0.6 is 0 Å². The van der Waals surface area contributed by atoms with Gasteiger partial charge in [-0.3, -0.25) is 9.59 Å². The third kappa shape index (κ3) is 49.0. The van der Waals surface area contributed by atoms with Crippen molar-refractivity contribution in [1.82, 2.24) is 5.32 Å². The van der Waals surface area contributed by atoms with Crippen LogP contribution in [0.4, 0.5) is 0 Å². The van der Waals surface area contributed by atoms with Gasteiger partial charge in [-0.1, -0.05) is 252 Å². The molecule has 0 radical (unpaired) electrons. The van der Waals surface area contributed by atoms with E-state index < -0.39 is 18.2 Å². The second kappa shape index (κ2) is 54.5. The Morgan fingerprint density at radius 2 is 0.824 bits per heavy atom. The quantitative estimate of drug-likeness (QED) is 0.0321. The van der Waals surface area contributed by atoms with Crippen LogP contribution in [0.25, 0.3) is 0 Å². The molecule has 0 aliphatic rings. The van der Waals surface area contributed by atoms with Crippen molar-refractivity contribution in [2.45, 2.75) is 264 Å². The minimum Gasteiger partial charge on any atom is -0.461 e. The van der Waals surface area contributed by atoms with Gasteiger partial charge in [0.1, 0.15) is 6.10 Å². The fourth-order valence-electron chi connectivity index (χ4n) is 7.86. The van der Waals surface area contributed by atoms with Crippen molar-refractivity contribution in [2.24, 2.45) is 0 Å². The Labute approximate surface area is 419 Å². The number of carbonyl (C=O) groups excluding carboxylic acids is 2. The van der Waals surface area contributed by atoms with E-state index >= 15 is 0 Å². The summed E-state index contributed by atoms with van der Waals surface area (Å²) in [5.74, 6) is -0.651. The summed E-state index contributed by atoms with van der Waals surface area (Å²) in [5, 5.41) is 23.8. The smallest absolute Gasteiger partial charge is 0.306 e. The Bertz CT molecular complexity index is 1380. The molecule has 0 saturated heterocycles. The maximum Gasteiger partial charge on any atom is 0.306 e. The molecule has 0 aliphatic heterocycles. The number of carbonyl (C=O) groups is 2. The number of aliphatic hydroxyl groups is 2. The number of hydrogen-bond acceptors (Lipinski definition) is 5. The molecule has 0 aromatic rings. The van der Waals surface area contributed by atoms with Gasteiger partial charge >= 0.3 is 5.97 Å². The summed E-state index contributed by atoms with van der Waals surface area (Å²) >= 11 is 0. The number of allylic oxidation sites excluding steroid dienone is 17. The number of unbranched alkanes of at least 4 members (excludes halogenated alkanes) is 20. The lowest BCUT2D eigenvalue weighted by atomic mass is 10.0. The summed E-state index contributed by atoms with van der Waals surface area (Å²) in [7, 11) is 0. The second-order valence-corrected chi connectivity index (χ2v) is 18.6. The second-order valence-electron chi connectivity index (χ2n) is 18.6. The predicted molar refractivity (Wildman–Crippen MR) is 296 cm³/mol. The van der Waals surface area contributed by atoms with Crippen molar-refractivity contribution in [3.05, 3.63) is 109 Å². The van der Waals surface area contributed by atoms with Crippen LogP contribution in [0.15, 0.2) is 109 Å². The van der Waals surface area contributed by atoms with Crippen molar-refractivity contribution in [3.63, 3.8) is 0 Å². The molecule has 0 aromatic heterocycles. The molecule has 6 heteroatoms. The van der Waals surface area contributed by atoms with Crippen molar-refractivity contribution >= 4 is 11.9 Å². The molecule has 0 saturated carbocycles. The molecule has 0 aliphatic carbocycles. The molecule has 0 spiro atoms. The highest BCUT2D eigenvalue weighted by Crippen LogP contribution is 2.16. The van der Waals surface area contributed by atoms with Gasteiger partial charge in [-0.15, -0.1) is 0 Å². The Hall–Kier alpha value is -3.48. The van der Waals surface area contributed by atoms with E-state index in [2.05, 4.69) is 123 Å². The lowest BCUT2D eigenvalue weighted by Gasteiger charge is -2.24. The van der Waals surface area contributed by atoms with Gasteiger partial charge in [0.15, 0.2) is 0 Å². The van der Waals surface area contributed by atoms with Gasteiger partial charge in [0.2, 0.25) is 5.91 Å². The summed E-state index contributed by atoms with van der Waals surface area (Å²) in [4.78, 5) is 26.2. The molecule has 3 atom stereocenters. The SMILES string of the molecule is CC/C=C\C/C=C\C/C=C\C/C=C\C/C=C\CCCC(=O)OC(C/C=C\C/C=C\C/C=C\C/C=C\CCCCC)CC(=O)NC(CO)C(O)CCCCCCCCCCCCCCCCCCC. The highest BCUT2D eigenvalue weighted by molar-refractivity contribution is 5.77. The standard InChI is InChI=1S/C62H105NO5/c1-4-7-10-13-16-19-22-25-28-30-33-36-39-42-45-48-51-54-60(65)59(57-64)63-61(66)56-58(53-50-47-44-41-38-35-32-27-24-21-18-15-12-9-6-3)68-62(67)55-52-49-46-43-40-37-34-31-29-26-23-20-17-14-11-8-5-2/h8,11,17-18,20-21,26-27,29,32,34,37-38,41,43,46-47,50,58-60,64-65H,4-7,9-10,12-16,19,22-25,28,30-31,33,35-36,39-40,42,44-45,48-49,51-57H2,1-3H3,(H,63,66)/b11-8-,20-17-,21-18-,29-26-,32-27-,37-34-,41-38-,46-43-,50-47-. The van der Waals surface area contributed by atoms with E-state index in [0.717, 1.165) is 83.5 Å². The minimum atomic E-state index is -0.828. The molecule has 6 nitrogen and oxygen atoms in total. The normalized spacial score (nSPS) is 14.0. The number of rotatable bonds is 49. The van der Waals surface area contributed by atoms with E-state index in [0.29, 0.717) is 19.3 Å². The van der Waals surface area contributed by atoms with E-state index in [4.69, 9.17) is 4.74 Å². The van der Waals surface area contributed by atoms with Gasteiger partial charge in [0, 0.05) is 12.8 Å². The van der Waals surface area contributed by atoms with Crippen molar-refractivity contribution in [1.29, 1.82) is 0 Å². The molecule has 0 heterocycles. The summed E-state index contributed by atoms with van der Waals surface area (Å²) < 4.78 is 5.85.